The second kappa shape index (κ2) is 9.82. The molecular weight excluding hydrogens is 370 g/mol. The van der Waals surface area contributed by atoms with E-state index in [1.54, 1.807) is 11.3 Å². The molecule has 150 valence electrons. The van der Waals surface area contributed by atoms with Gasteiger partial charge in [-0.05, 0) is 25.3 Å². The normalized spacial score (nSPS) is 14.9. The molecule has 2 heterocycles. The number of hydrogen-bond acceptors (Lipinski definition) is 4. The summed E-state index contributed by atoms with van der Waals surface area (Å²) < 4.78 is 0. The Bertz CT molecular complexity index is 792. The van der Waals surface area contributed by atoms with E-state index in [1.165, 1.54) is 10.6 Å². The van der Waals surface area contributed by atoms with Crippen LogP contribution in [0.15, 0.2) is 29.6 Å². The lowest BCUT2D eigenvalue weighted by atomic mass is 9.97. The quantitative estimate of drug-likeness (QED) is 0.775. The number of piperidine rings is 1. The molecule has 1 aromatic carbocycles. The predicted molar refractivity (Wildman–Crippen MR) is 113 cm³/mol. The highest BCUT2D eigenvalue weighted by Crippen LogP contribution is 2.30. The molecule has 1 N–H and O–H groups in total. The topological polar surface area (TPSA) is 62.3 Å². The molecule has 0 spiro atoms. The first-order valence-corrected chi connectivity index (χ1v) is 11.0. The summed E-state index contributed by atoms with van der Waals surface area (Å²) >= 11 is 1.71. The Balaban J connectivity index is 1.45. The Morgan fingerprint density at radius 2 is 1.93 bits per heavy atom. The molecule has 1 aromatic heterocycles. The van der Waals surface area contributed by atoms with E-state index in [4.69, 9.17) is 4.98 Å². The van der Waals surface area contributed by atoms with Crippen molar-refractivity contribution in [2.75, 3.05) is 19.6 Å². The van der Waals surface area contributed by atoms with E-state index in [0.717, 1.165) is 43.6 Å². The zero-order valence-electron chi connectivity index (χ0n) is 16.7. The molecular formula is C22H29N3O2S. The number of likely N-dealkylation sites (tertiary alicyclic amines) is 1. The summed E-state index contributed by atoms with van der Waals surface area (Å²) in [5, 5.41) is 6.16. The second-order valence-corrected chi connectivity index (χ2v) is 8.34. The van der Waals surface area contributed by atoms with Gasteiger partial charge in [0.2, 0.25) is 11.8 Å². The summed E-state index contributed by atoms with van der Waals surface area (Å²) in [6.07, 6.45) is 3.72. The van der Waals surface area contributed by atoms with Gasteiger partial charge in [0.25, 0.3) is 0 Å². The number of benzene rings is 1. The molecule has 0 saturated carbocycles. The van der Waals surface area contributed by atoms with Crippen LogP contribution in [0.1, 0.15) is 53.9 Å². The minimum absolute atomic E-state index is 0.0816. The average Bonchev–Trinajstić information content (AvgIpc) is 3.18. The van der Waals surface area contributed by atoms with Crippen LogP contribution in [-0.2, 0) is 22.4 Å². The number of thiazole rings is 1. The third kappa shape index (κ3) is 5.64. The van der Waals surface area contributed by atoms with Crippen molar-refractivity contribution in [3.63, 3.8) is 0 Å². The van der Waals surface area contributed by atoms with Crippen LogP contribution < -0.4 is 5.32 Å². The van der Waals surface area contributed by atoms with Crippen LogP contribution >= 0.6 is 11.3 Å². The van der Waals surface area contributed by atoms with Gasteiger partial charge in [-0.15, -0.1) is 11.3 Å². The van der Waals surface area contributed by atoms with Crippen LogP contribution in [0.3, 0.4) is 0 Å². The van der Waals surface area contributed by atoms with E-state index in [1.807, 2.05) is 24.0 Å². The summed E-state index contributed by atoms with van der Waals surface area (Å²) in [6.45, 7) is 6.16. The number of amides is 2. The first kappa shape index (κ1) is 20.5. The molecule has 2 amide bonds. The highest BCUT2D eigenvalue weighted by Gasteiger charge is 2.25. The minimum atomic E-state index is 0.0816. The highest BCUT2D eigenvalue weighted by molar-refractivity contribution is 7.09. The summed E-state index contributed by atoms with van der Waals surface area (Å²) in [7, 11) is 0. The fourth-order valence-electron chi connectivity index (χ4n) is 3.45. The van der Waals surface area contributed by atoms with Gasteiger partial charge in [0, 0.05) is 43.8 Å². The van der Waals surface area contributed by atoms with Gasteiger partial charge < -0.3 is 10.2 Å². The third-order valence-electron chi connectivity index (χ3n) is 5.27. The van der Waals surface area contributed by atoms with Crippen LogP contribution in [0.4, 0.5) is 0 Å². The van der Waals surface area contributed by atoms with Gasteiger partial charge in [-0.3, -0.25) is 9.59 Å². The summed E-state index contributed by atoms with van der Waals surface area (Å²) in [5.41, 5.74) is 3.35. The van der Waals surface area contributed by atoms with Gasteiger partial charge >= 0.3 is 0 Å². The number of carbonyl (C=O) groups excluding carboxylic acids is 2. The number of hydrogen-bond donors (Lipinski definition) is 1. The molecule has 28 heavy (non-hydrogen) atoms. The largest absolute Gasteiger partial charge is 0.356 e. The zero-order chi connectivity index (χ0) is 19.9. The van der Waals surface area contributed by atoms with Gasteiger partial charge in [-0.1, -0.05) is 36.8 Å². The van der Waals surface area contributed by atoms with Crippen molar-refractivity contribution < 1.29 is 9.59 Å². The Hall–Kier alpha value is -2.21. The standard InChI is InChI=1S/C22H29N3O2S/c1-3-20(26)23-11-8-19-15-28-22(24-19)18-9-12-25(13-10-18)21(27)14-17-6-4-16(2)5-7-17/h4-7,15,18H,3,8-14H2,1-2H3,(H,23,26). The average molecular weight is 400 g/mol. The zero-order valence-corrected chi connectivity index (χ0v) is 17.6. The van der Waals surface area contributed by atoms with Crippen molar-refractivity contribution in [3.8, 4) is 0 Å². The summed E-state index contributed by atoms with van der Waals surface area (Å²) in [5.74, 6) is 0.735. The summed E-state index contributed by atoms with van der Waals surface area (Å²) in [4.78, 5) is 30.6. The Morgan fingerprint density at radius 3 is 2.61 bits per heavy atom. The number of nitrogens with one attached hydrogen (secondary N) is 1. The molecule has 0 bridgehead atoms. The van der Waals surface area contributed by atoms with Crippen molar-refractivity contribution in [1.82, 2.24) is 15.2 Å². The Labute approximate surface area is 171 Å². The molecule has 6 heteroatoms. The van der Waals surface area contributed by atoms with E-state index in [0.29, 0.717) is 25.3 Å². The lowest BCUT2D eigenvalue weighted by Gasteiger charge is -2.31. The molecule has 0 aliphatic carbocycles. The number of aromatic nitrogens is 1. The monoisotopic (exact) mass is 399 g/mol. The van der Waals surface area contributed by atoms with Gasteiger partial charge in [-0.25, -0.2) is 4.98 Å². The van der Waals surface area contributed by atoms with E-state index in [9.17, 15) is 9.59 Å². The van der Waals surface area contributed by atoms with Crippen molar-refractivity contribution in [2.24, 2.45) is 0 Å². The van der Waals surface area contributed by atoms with Gasteiger partial charge in [0.05, 0.1) is 17.1 Å². The lowest BCUT2D eigenvalue weighted by Crippen LogP contribution is -2.38. The number of aryl methyl sites for hydroxylation is 1. The molecule has 1 saturated heterocycles. The van der Waals surface area contributed by atoms with E-state index >= 15 is 0 Å². The molecule has 1 fully saturated rings. The molecule has 1 aliphatic rings. The third-order valence-corrected chi connectivity index (χ3v) is 6.32. The smallest absolute Gasteiger partial charge is 0.226 e. The molecule has 0 atom stereocenters. The maximum atomic E-state index is 12.6. The molecule has 3 rings (SSSR count). The Kier molecular flexibility index (Phi) is 7.20. The lowest BCUT2D eigenvalue weighted by molar-refractivity contribution is -0.131. The van der Waals surface area contributed by atoms with Crippen molar-refractivity contribution in [1.29, 1.82) is 0 Å². The minimum Gasteiger partial charge on any atom is -0.356 e. The highest BCUT2D eigenvalue weighted by atomic mass is 32.1. The van der Waals surface area contributed by atoms with Crippen LogP contribution in [0.5, 0.6) is 0 Å². The maximum absolute atomic E-state index is 12.6. The molecule has 1 aliphatic heterocycles. The van der Waals surface area contributed by atoms with Crippen LogP contribution in [-0.4, -0.2) is 41.3 Å². The van der Waals surface area contributed by atoms with Crippen LogP contribution in [0.2, 0.25) is 0 Å². The molecule has 0 unspecified atom stereocenters. The van der Waals surface area contributed by atoms with Gasteiger partial charge in [0.15, 0.2) is 0 Å². The van der Waals surface area contributed by atoms with Crippen LogP contribution in [0.25, 0.3) is 0 Å². The van der Waals surface area contributed by atoms with Crippen molar-refractivity contribution in [2.45, 2.75) is 51.9 Å². The predicted octanol–water partition coefficient (Wildman–Crippen LogP) is 3.47. The molecule has 5 nitrogen and oxygen atoms in total. The fraction of sp³-hybridized carbons (Fsp3) is 0.500. The van der Waals surface area contributed by atoms with E-state index in [-0.39, 0.29) is 11.8 Å². The fourth-order valence-corrected chi connectivity index (χ4v) is 4.47. The Morgan fingerprint density at radius 1 is 1.21 bits per heavy atom. The number of nitrogens with zero attached hydrogens (tertiary/aromatic N) is 2. The van der Waals surface area contributed by atoms with E-state index in [2.05, 4.69) is 29.8 Å². The maximum Gasteiger partial charge on any atom is 0.226 e. The van der Waals surface area contributed by atoms with E-state index < -0.39 is 0 Å². The first-order valence-electron chi connectivity index (χ1n) is 10.1. The van der Waals surface area contributed by atoms with Gasteiger partial charge in [0.1, 0.15) is 0 Å². The summed E-state index contributed by atoms with van der Waals surface area (Å²) in [6, 6.07) is 8.20. The SMILES string of the molecule is CCC(=O)NCCc1csc(C2CCN(C(=O)Cc3ccc(C)cc3)CC2)n1. The van der Waals surface area contributed by atoms with Crippen LogP contribution in [0, 0.1) is 6.92 Å². The first-order chi connectivity index (χ1) is 13.5. The number of rotatable bonds is 7. The molecule has 0 radical (unpaired) electrons. The van der Waals surface area contributed by atoms with Gasteiger partial charge in [-0.2, -0.15) is 0 Å². The molecule has 2 aromatic rings. The van der Waals surface area contributed by atoms with Crippen molar-refractivity contribution in [3.05, 3.63) is 51.5 Å². The van der Waals surface area contributed by atoms with Crippen molar-refractivity contribution >= 4 is 23.2 Å². The second-order valence-electron chi connectivity index (χ2n) is 7.45. The number of carbonyl (C=O) groups is 2.